The SMILES string of the molecule is CCOCC(=Cc1ccccc1)COCC. The maximum atomic E-state index is 5.42. The quantitative estimate of drug-likeness (QED) is 0.702. The standard InChI is InChI=1S/C14H20O2/c1-3-15-11-14(12-16-4-2)10-13-8-6-5-7-9-13/h5-10H,3-4,11-12H2,1-2H3. The van der Waals surface area contributed by atoms with Crippen molar-refractivity contribution in [3.8, 4) is 0 Å². The normalized spacial score (nSPS) is 10.1. The van der Waals surface area contributed by atoms with Crippen LogP contribution in [0.1, 0.15) is 19.4 Å². The third-order valence-corrected chi connectivity index (χ3v) is 2.15. The van der Waals surface area contributed by atoms with E-state index in [1.807, 2.05) is 32.0 Å². The molecule has 2 nitrogen and oxygen atoms in total. The van der Waals surface area contributed by atoms with Crippen LogP contribution >= 0.6 is 0 Å². The first-order valence-electron chi connectivity index (χ1n) is 5.76. The van der Waals surface area contributed by atoms with Crippen LogP contribution in [0.15, 0.2) is 35.9 Å². The predicted molar refractivity (Wildman–Crippen MR) is 67.4 cm³/mol. The molecule has 0 aliphatic heterocycles. The minimum atomic E-state index is 0.644. The Morgan fingerprint density at radius 2 is 1.56 bits per heavy atom. The fourth-order valence-corrected chi connectivity index (χ4v) is 1.38. The van der Waals surface area contributed by atoms with Crippen LogP contribution in [0.4, 0.5) is 0 Å². The third kappa shape index (κ3) is 5.10. The molecule has 0 fully saturated rings. The topological polar surface area (TPSA) is 18.5 Å². The maximum Gasteiger partial charge on any atom is 0.0702 e. The van der Waals surface area contributed by atoms with Crippen LogP contribution in [0.3, 0.4) is 0 Å². The van der Waals surface area contributed by atoms with Crippen molar-refractivity contribution in [1.82, 2.24) is 0 Å². The molecular weight excluding hydrogens is 200 g/mol. The highest BCUT2D eigenvalue weighted by molar-refractivity contribution is 5.52. The molecule has 0 radical (unpaired) electrons. The van der Waals surface area contributed by atoms with Crippen molar-refractivity contribution in [2.24, 2.45) is 0 Å². The Hall–Kier alpha value is -1.12. The summed E-state index contributed by atoms with van der Waals surface area (Å²) in [4.78, 5) is 0. The molecule has 0 heterocycles. The molecule has 0 aliphatic rings. The highest BCUT2D eigenvalue weighted by Gasteiger charge is 1.98. The average Bonchev–Trinajstić information content (AvgIpc) is 2.34. The minimum Gasteiger partial charge on any atom is -0.377 e. The zero-order valence-corrected chi connectivity index (χ0v) is 10.1. The summed E-state index contributed by atoms with van der Waals surface area (Å²) >= 11 is 0. The van der Waals surface area contributed by atoms with E-state index in [0.29, 0.717) is 13.2 Å². The van der Waals surface area contributed by atoms with Crippen LogP contribution in [0.5, 0.6) is 0 Å². The van der Waals surface area contributed by atoms with Gasteiger partial charge in [0.15, 0.2) is 0 Å². The van der Waals surface area contributed by atoms with Crippen molar-refractivity contribution in [3.63, 3.8) is 0 Å². The van der Waals surface area contributed by atoms with Crippen molar-refractivity contribution < 1.29 is 9.47 Å². The van der Waals surface area contributed by atoms with Crippen molar-refractivity contribution in [3.05, 3.63) is 41.5 Å². The molecule has 0 saturated heterocycles. The lowest BCUT2D eigenvalue weighted by atomic mass is 10.1. The van der Waals surface area contributed by atoms with Gasteiger partial charge < -0.3 is 9.47 Å². The van der Waals surface area contributed by atoms with Gasteiger partial charge in [0.25, 0.3) is 0 Å². The van der Waals surface area contributed by atoms with Gasteiger partial charge in [-0.2, -0.15) is 0 Å². The summed E-state index contributed by atoms with van der Waals surface area (Å²) in [5.74, 6) is 0. The van der Waals surface area contributed by atoms with Crippen LogP contribution in [0.2, 0.25) is 0 Å². The van der Waals surface area contributed by atoms with E-state index in [1.165, 1.54) is 11.1 Å². The predicted octanol–water partition coefficient (Wildman–Crippen LogP) is 3.14. The molecule has 2 heteroatoms. The van der Waals surface area contributed by atoms with Crippen molar-refractivity contribution in [2.75, 3.05) is 26.4 Å². The Kier molecular flexibility index (Phi) is 6.54. The fourth-order valence-electron chi connectivity index (χ4n) is 1.38. The highest BCUT2D eigenvalue weighted by atomic mass is 16.5. The molecule has 0 bridgehead atoms. The van der Waals surface area contributed by atoms with Gasteiger partial charge in [0.1, 0.15) is 0 Å². The average molecular weight is 220 g/mol. The van der Waals surface area contributed by atoms with E-state index in [0.717, 1.165) is 13.2 Å². The highest BCUT2D eigenvalue weighted by Crippen LogP contribution is 2.07. The van der Waals surface area contributed by atoms with Gasteiger partial charge in [-0.15, -0.1) is 0 Å². The number of ether oxygens (including phenoxy) is 2. The lowest BCUT2D eigenvalue weighted by molar-refractivity contribution is 0.133. The number of rotatable bonds is 7. The summed E-state index contributed by atoms with van der Waals surface area (Å²) < 4.78 is 10.8. The molecule has 0 atom stereocenters. The van der Waals surface area contributed by atoms with E-state index >= 15 is 0 Å². The fraction of sp³-hybridized carbons (Fsp3) is 0.429. The zero-order valence-electron chi connectivity index (χ0n) is 10.1. The summed E-state index contributed by atoms with van der Waals surface area (Å²) in [7, 11) is 0. The van der Waals surface area contributed by atoms with Gasteiger partial charge >= 0.3 is 0 Å². The molecule has 0 spiro atoms. The van der Waals surface area contributed by atoms with Crippen LogP contribution in [-0.4, -0.2) is 26.4 Å². The van der Waals surface area contributed by atoms with E-state index in [1.54, 1.807) is 0 Å². The molecule has 1 aromatic carbocycles. The summed E-state index contributed by atoms with van der Waals surface area (Å²) in [6.07, 6.45) is 2.13. The van der Waals surface area contributed by atoms with Gasteiger partial charge in [0.2, 0.25) is 0 Å². The lowest BCUT2D eigenvalue weighted by Crippen LogP contribution is -2.05. The first kappa shape index (κ1) is 12.9. The molecule has 88 valence electrons. The second kappa shape index (κ2) is 8.08. The van der Waals surface area contributed by atoms with Gasteiger partial charge in [0.05, 0.1) is 13.2 Å². The second-order valence-corrected chi connectivity index (χ2v) is 3.49. The molecular formula is C14H20O2. The number of benzene rings is 1. The van der Waals surface area contributed by atoms with Gasteiger partial charge in [0, 0.05) is 13.2 Å². The number of hydrogen-bond donors (Lipinski definition) is 0. The smallest absolute Gasteiger partial charge is 0.0702 e. The van der Waals surface area contributed by atoms with E-state index < -0.39 is 0 Å². The van der Waals surface area contributed by atoms with Crippen molar-refractivity contribution in [2.45, 2.75) is 13.8 Å². The Bertz CT molecular complexity index is 294. The van der Waals surface area contributed by atoms with Crippen LogP contribution in [0.25, 0.3) is 6.08 Å². The lowest BCUT2D eigenvalue weighted by Gasteiger charge is -2.08. The largest absolute Gasteiger partial charge is 0.377 e. The van der Waals surface area contributed by atoms with Crippen LogP contribution < -0.4 is 0 Å². The summed E-state index contributed by atoms with van der Waals surface area (Å²) in [5, 5.41) is 0. The molecule has 1 aromatic rings. The molecule has 0 unspecified atom stereocenters. The van der Waals surface area contributed by atoms with Crippen LogP contribution in [0, 0.1) is 0 Å². The van der Waals surface area contributed by atoms with Gasteiger partial charge in [-0.3, -0.25) is 0 Å². The van der Waals surface area contributed by atoms with E-state index in [-0.39, 0.29) is 0 Å². The van der Waals surface area contributed by atoms with Gasteiger partial charge in [-0.05, 0) is 25.0 Å². The van der Waals surface area contributed by atoms with Crippen LogP contribution in [-0.2, 0) is 9.47 Å². The summed E-state index contributed by atoms with van der Waals surface area (Å²) in [6, 6.07) is 10.2. The van der Waals surface area contributed by atoms with Crippen molar-refractivity contribution in [1.29, 1.82) is 0 Å². The van der Waals surface area contributed by atoms with Gasteiger partial charge in [-0.1, -0.05) is 36.4 Å². The molecule has 0 N–H and O–H groups in total. The first-order chi connectivity index (χ1) is 7.86. The Morgan fingerprint density at radius 3 is 2.06 bits per heavy atom. The minimum absolute atomic E-state index is 0.644. The Balaban J connectivity index is 2.63. The van der Waals surface area contributed by atoms with E-state index in [9.17, 15) is 0 Å². The third-order valence-electron chi connectivity index (χ3n) is 2.15. The van der Waals surface area contributed by atoms with E-state index in [2.05, 4.69) is 18.2 Å². The molecule has 0 saturated carbocycles. The van der Waals surface area contributed by atoms with Gasteiger partial charge in [-0.25, -0.2) is 0 Å². The monoisotopic (exact) mass is 220 g/mol. The maximum absolute atomic E-state index is 5.42. The molecule has 1 rings (SSSR count). The molecule has 0 aliphatic carbocycles. The Morgan fingerprint density at radius 1 is 1.00 bits per heavy atom. The molecule has 0 amide bonds. The second-order valence-electron chi connectivity index (χ2n) is 3.49. The Labute approximate surface area is 97.9 Å². The van der Waals surface area contributed by atoms with E-state index in [4.69, 9.17) is 9.47 Å². The summed E-state index contributed by atoms with van der Waals surface area (Å²) in [5.41, 5.74) is 2.37. The zero-order chi connectivity index (χ0) is 11.6. The van der Waals surface area contributed by atoms with Crippen molar-refractivity contribution >= 4 is 6.08 Å². The molecule has 16 heavy (non-hydrogen) atoms. The first-order valence-corrected chi connectivity index (χ1v) is 5.76. The molecule has 0 aromatic heterocycles. The number of hydrogen-bond acceptors (Lipinski definition) is 2. The summed E-state index contributed by atoms with van der Waals surface area (Å²) in [6.45, 7) is 6.76.